The number of hydrogen-bond acceptors (Lipinski definition) is 1. The van der Waals surface area contributed by atoms with Gasteiger partial charge in [-0.1, -0.05) is 12.0 Å². The second-order valence-corrected chi connectivity index (χ2v) is 2.80. The second-order valence-electron chi connectivity index (χ2n) is 2.80. The quantitative estimate of drug-likeness (QED) is 0.705. The first-order valence-electron chi connectivity index (χ1n) is 4.13. The molecule has 2 nitrogen and oxygen atoms in total. The largest absolute Gasteiger partial charge is 0.341 e. The molecule has 0 aliphatic heterocycles. The maximum atomic E-state index is 13.0. The Labute approximate surface area is 82.1 Å². The van der Waals surface area contributed by atoms with Crippen LogP contribution in [0.3, 0.4) is 0 Å². The molecular weight excluding hydrogens is 181 g/mol. The number of carbonyl (C=O) groups excluding carboxylic acids is 1. The summed E-state index contributed by atoms with van der Waals surface area (Å²) in [5, 5.41) is 2.47. The van der Waals surface area contributed by atoms with E-state index in [0.717, 1.165) is 0 Å². The fourth-order valence-electron chi connectivity index (χ4n) is 1.08. The van der Waals surface area contributed by atoms with E-state index in [9.17, 15) is 9.18 Å². The van der Waals surface area contributed by atoms with Gasteiger partial charge in [0.25, 0.3) is 5.91 Å². The number of halogens is 1. The molecule has 1 amide bonds. The molecule has 0 atom stereocenters. The first kappa shape index (κ1) is 10.3. The van der Waals surface area contributed by atoms with Gasteiger partial charge >= 0.3 is 0 Å². The fraction of sp³-hybridized carbons (Fsp3) is 0.182. The Kier molecular flexibility index (Phi) is 3.24. The molecule has 0 unspecified atom stereocenters. The highest BCUT2D eigenvalue weighted by Crippen LogP contribution is 2.11. The molecule has 1 rings (SSSR count). The van der Waals surface area contributed by atoms with E-state index in [1.54, 1.807) is 13.0 Å². The smallest absolute Gasteiger partial charge is 0.252 e. The van der Waals surface area contributed by atoms with Gasteiger partial charge in [-0.2, -0.15) is 0 Å². The highest BCUT2D eigenvalue weighted by atomic mass is 19.1. The third kappa shape index (κ3) is 2.11. The van der Waals surface area contributed by atoms with E-state index >= 15 is 0 Å². The van der Waals surface area contributed by atoms with E-state index in [1.165, 1.54) is 12.1 Å². The lowest BCUT2D eigenvalue weighted by molar-refractivity contribution is 0.0957. The van der Waals surface area contributed by atoms with E-state index in [-0.39, 0.29) is 12.5 Å². The van der Waals surface area contributed by atoms with Crippen molar-refractivity contribution in [3.63, 3.8) is 0 Å². The van der Waals surface area contributed by atoms with Gasteiger partial charge in [-0.25, -0.2) is 4.39 Å². The fourth-order valence-corrected chi connectivity index (χ4v) is 1.08. The Balaban J connectivity index is 2.91. The molecule has 0 aliphatic rings. The van der Waals surface area contributed by atoms with Crippen LogP contribution >= 0.6 is 0 Å². The van der Waals surface area contributed by atoms with Crippen LogP contribution in [0.5, 0.6) is 0 Å². The summed E-state index contributed by atoms with van der Waals surface area (Å²) in [4.78, 5) is 11.4. The molecule has 1 aromatic rings. The molecule has 3 heteroatoms. The summed E-state index contributed by atoms with van der Waals surface area (Å²) in [6.07, 6.45) is 4.98. The highest BCUT2D eigenvalue weighted by Gasteiger charge is 2.10. The molecule has 1 aromatic carbocycles. The third-order valence-electron chi connectivity index (χ3n) is 1.86. The molecule has 0 aromatic heterocycles. The summed E-state index contributed by atoms with van der Waals surface area (Å²) in [6, 6.07) is 4.37. The SMILES string of the molecule is C#CCNC(=O)c1cccc(F)c1C. The van der Waals surface area contributed by atoms with Gasteiger partial charge in [0.05, 0.1) is 6.54 Å². The first-order valence-corrected chi connectivity index (χ1v) is 4.13. The number of rotatable bonds is 2. The van der Waals surface area contributed by atoms with Crippen molar-refractivity contribution >= 4 is 5.91 Å². The average Bonchev–Trinajstić information content (AvgIpc) is 2.18. The molecule has 72 valence electrons. The molecule has 0 fully saturated rings. The minimum absolute atomic E-state index is 0.148. The molecule has 0 saturated heterocycles. The maximum absolute atomic E-state index is 13.0. The normalized spacial score (nSPS) is 9.21. The molecule has 1 N–H and O–H groups in total. The van der Waals surface area contributed by atoms with Gasteiger partial charge in [0.1, 0.15) is 5.82 Å². The summed E-state index contributed by atoms with van der Waals surface area (Å²) in [7, 11) is 0. The predicted octanol–water partition coefficient (Wildman–Crippen LogP) is 1.50. The zero-order chi connectivity index (χ0) is 10.6. The number of nitrogens with one attached hydrogen (secondary N) is 1. The standard InChI is InChI=1S/C11H10FNO/c1-3-7-13-11(14)9-5-4-6-10(12)8(9)2/h1,4-6H,7H2,2H3,(H,13,14). The van der Waals surface area contributed by atoms with Gasteiger partial charge in [0, 0.05) is 5.56 Å². The lowest BCUT2D eigenvalue weighted by Crippen LogP contribution is -2.24. The minimum Gasteiger partial charge on any atom is -0.341 e. The molecule has 0 aliphatic carbocycles. The van der Waals surface area contributed by atoms with Gasteiger partial charge in [-0.3, -0.25) is 4.79 Å². The van der Waals surface area contributed by atoms with Crippen molar-refractivity contribution in [3.8, 4) is 12.3 Å². The van der Waals surface area contributed by atoms with Gasteiger partial charge in [-0.15, -0.1) is 6.42 Å². The van der Waals surface area contributed by atoms with Crippen LogP contribution in [0, 0.1) is 25.1 Å². The molecule has 14 heavy (non-hydrogen) atoms. The number of amides is 1. The second kappa shape index (κ2) is 4.43. The lowest BCUT2D eigenvalue weighted by atomic mass is 10.1. The Bertz CT molecular complexity index is 393. The summed E-state index contributed by atoms with van der Waals surface area (Å²) in [5.74, 6) is 1.54. The average molecular weight is 191 g/mol. The van der Waals surface area contributed by atoms with E-state index in [4.69, 9.17) is 6.42 Å². The van der Waals surface area contributed by atoms with Crippen molar-refractivity contribution < 1.29 is 9.18 Å². The van der Waals surface area contributed by atoms with Crippen LogP contribution in [0.25, 0.3) is 0 Å². The highest BCUT2D eigenvalue weighted by molar-refractivity contribution is 5.95. The summed E-state index contributed by atoms with van der Waals surface area (Å²) in [5.41, 5.74) is 0.655. The number of hydrogen-bond donors (Lipinski definition) is 1. The van der Waals surface area contributed by atoms with Gasteiger partial charge < -0.3 is 5.32 Å². The van der Waals surface area contributed by atoms with E-state index in [0.29, 0.717) is 11.1 Å². The van der Waals surface area contributed by atoms with Crippen molar-refractivity contribution in [3.05, 3.63) is 35.1 Å². The molecule has 0 heterocycles. The van der Waals surface area contributed by atoms with Crippen molar-refractivity contribution in [2.75, 3.05) is 6.54 Å². The zero-order valence-corrected chi connectivity index (χ0v) is 7.80. The predicted molar refractivity (Wildman–Crippen MR) is 52.3 cm³/mol. The van der Waals surface area contributed by atoms with Crippen LogP contribution in [0.4, 0.5) is 4.39 Å². The lowest BCUT2D eigenvalue weighted by Gasteiger charge is -2.05. The van der Waals surface area contributed by atoms with Crippen LogP contribution in [0.1, 0.15) is 15.9 Å². The summed E-state index contributed by atoms with van der Waals surface area (Å²) < 4.78 is 13.0. The van der Waals surface area contributed by atoms with Gasteiger partial charge in [0.15, 0.2) is 0 Å². The van der Waals surface area contributed by atoms with Crippen LogP contribution < -0.4 is 5.32 Å². The van der Waals surface area contributed by atoms with Crippen LogP contribution in [-0.2, 0) is 0 Å². The first-order chi connectivity index (χ1) is 6.66. The minimum atomic E-state index is -0.390. The van der Waals surface area contributed by atoms with Crippen molar-refractivity contribution in [1.82, 2.24) is 5.32 Å². The Morgan fingerprint density at radius 1 is 1.64 bits per heavy atom. The molecular formula is C11H10FNO. The maximum Gasteiger partial charge on any atom is 0.252 e. The number of terminal acetylenes is 1. The molecule has 0 spiro atoms. The van der Waals surface area contributed by atoms with Gasteiger partial charge in [-0.05, 0) is 24.6 Å². The van der Waals surface area contributed by atoms with Crippen LogP contribution in [0.2, 0.25) is 0 Å². The number of benzene rings is 1. The summed E-state index contributed by atoms with van der Waals surface area (Å²) >= 11 is 0. The van der Waals surface area contributed by atoms with E-state index in [2.05, 4.69) is 11.2 Å². The Hall–Kier alpha value is -1.82. The third-order valence-corrected chi connectivity index (χ3v) is 1.86. The molecule has 0 saturated carbocycles. The zero-order valence-electron chi connectivity index (χ0n) is 7.80. The van der Waals surface area contributed by atoms with E-state index in [1.807, 2.05) is 0 Å². The van der Waals surface area contributed by atoms with Crippen molar-refractivity contribution in [1.29, 1.82) is 0 Å². The summed E-state index contributed by atoms with van der Waals surface area (Å²) in [6.45, 7) is 1.70. The monoisotopic (exact) mass is 191 g/mol. The van der Waals surface area contributed by atoms with E-state index < -0.39 is 5.82 Å². The number of carbonyl (C=O) groups is 1. The van der Waals surface area contributed by atoms with Gasteiger partial charge in [0.2, 0.25) is 0 Å². The Morgan fingerprint density at radius 2 is 2.36 bits per heavy atom. The molecule has 0 radical (unpaired) electrons. The van der Waals surface area contributed by atoms with Crippen LogP contribution in [0.15, 0.2) is 18.2 Å². The van der Waals surface area contributed by atoms with Crippen molar-refractivity contribution in [2.24, 2.45) is 0 Å². The topological polar surface area (TPSA) is 29.1 Å². The Morgan fingerprint density at radius 3 is 3.00 bits per heavy atom. The van der Waals surface area contributed by atoms with Crippen molar-refractivity contribution in [2.45, 2.75) is 6.92 Å². The molecule has 0 bridgehead atoms. The van der Waals surface area contributed by atoms with Crippen LogP contribution in [-0.4, -0.2) is 12.5 Å².